The molecular formula is C23H22N2O6. The zero-order chi connectivity index (χ0) is 22.0. The Morgan fingerprint density at radius 1 is 1.13 bits per heavy atom. The largest absolute Gasteiger partial charge is 0.493 e. The molecule has 0 spiro atoms. The van der Waals surface area contributed by atoms with E-state index in [1.165, 1.54) is 0 Å². The van der Waals surface area contributed by atoms with Crippen molar-refractivity contribution >= 4 is 23.7 Å². The summed E-state index contributed by atoms with van der Waals surface area (Å²) >= 11 is 0. The van der Waals surface area contributed by atoms with Crippen molar-refractivity contribution in [1.29, 1.82) is 0 Å². The van der Waals surface area contributed by atoms with Gasteiger partial charge in [-0.3, -0.25) is 24.1 Å². The SMILES string of the molecule is Cc1ccc2c(c1)C(=O)N(CCC(=O)OCC(=O)NC1CCOc3ccccc31)C2=O. The summed E-state index contributed by atoms with van der Waals surface area (Å²) in [5.41, 5.74) is 2.43. The summed E-state index contributed by atoms with van der Waals surface area (Å²) in [5, 5.41) is 2.84. The van der Waals surface area contributed by atoms with Crippen molar-refractivity contribution in [1.82, 2.24) is 10.2 Å². The van der Waals surface area contributed by atoms with Crippen LogP contribution in [0.2, 0.25) is 0 Å². The Balaban J connectivity index is 1.25. The Morgan fingerprint density at radius 3 is 2.74 bits per heavy atom. The van der Waals surface area contributed by atoms with E-state index in [9.17, 15) is 19.2 Å². The Hall–Kier alpha value is -3.68. The monoisotopic (exact) mass is 422 g/mol. The number of nitrogens with zero attached hydrogens (tertiary/aromatic N) is 1. The maximum atomic E-state index is 12.4. The van der Waals surface area contributed by atoms with Crippen molar-refractivity contribution in [3.63, 3.8) is 0 Å². The highest BCUT2D eigenvalue weighted by Crippen LogP contribution is 2.31. The van der Waals surface area contributed by atoms with E-state index in [1.54, 1.807) is 18.2 Å². The first-order valence-corrected chi connectivity index (χ1v) is 10.1. The molecule has 1 atom stereocenters. The number of rotatable bonds is 6. The second kappa shape index (κ2) is 8.59. The molecule has 31 heavy (non-hydrogen) atoms. The fourth-order valence-electron chi connectivity index (χ4n) is 3.76. The van der Waals surface area contributed by atoms with Crippen LogP contribution in [0.15, 0.2) is 42.5 Å². The molecule has 1 unspecified atom stereocenters. The second-order valence-corrected chi connectivity index (χ2v) is 7.52. The van der Waals surface area contributed by atoms with Crippen LogP contribution >= 0.6 is 0 Å². The van der Waals surface area contributed by atoms with Gasteiger partial charge in [-0.15, -0.1) is 0 Å². The van der Waals surface area contributed by atoms with Crippen molar-refractivity contribution < 1.29 is 28.7 Å². The number of esters is 1. The lowest BCUT2D eigenvalue weighted by atomic mass is 10.0. The molecule has 0 fully saturated rings. The molecule has 0 bridgehead atoms. The number of amides is 3. The van der Waals surface area contributed by atoms with E-state index in [0.29, 0.717) is 24.2 Å². The molecule has 2 heterocycles. The third-order valence-corrected chi connectivity index (χ3v) is 5.32. The molecule has 8 nitrogen and oxygen atoms in total. The predicted molar refractivity (Wildman–Crippen MR) is 110 cm³/mol. The second-order valence-electron chi connectivity index (χ2n) is 7.52. The molecule has 2 aliphatic rings. The average molecular weight is 422 g/mol. The summed E-state index contributed by atoms with van der Waals surface area (Å²) in [6, 6.07) is 12.3. The first-order valence-electron chi connectivity index (χ1n) is 10.1. The van der Waals surface area contributed by atoms with Crippen LogP contribution in [0.3, 0.4) is 0 Å². The number of nitrogens with one attached hydrogen (secondary N) is 1. The number of benzene rings is 2. The van der Waals surface area contributed by atoms with Gasteiger partial charge in [0.2, 0.25) is 0 Å². The Labute approximate surface area is 179 Å². The number of imide groups is 1. The quantitative estimate of drug-likeness (QED) is 0.565. The average Bonchev–Trinajstić information content (AvgIpc) is 3.00. The Kier molecular flexibility index (Phi) is 5.70. The van der Waals surface area contributed by atoms with Crippen LogP contribution in [0.1, 0.15) is 50.7 Å². The fraction of sp³-hybridized carbons (Fsp3) is 0.304. The first-order chi connectivity index (χ1) is 14.9. The van der Waals surface area contributed by atoms with E-state index in [-0.39, 0.29) is 19.0 Å². The van der Waals surface area contributed by atoms with Crippen LogP contribution in [0.4, 0.5) is 0 Å². The number of aryl methyl sites for hydroxylation is 1. The smallest absolute Gasteiger partial charge is 0.308 e. The number of para-hydroxylation sites is 1. The van der Waals surface area contributed by atoms with Gasteiger partial charge in [0.25, 0.3) is 17.7 Å². The third kappa shape index (κ3) is 4.28. The fourth-order valence-corrected chi connectivity index (χ4v) is 3.76. The summed E-state index contributed by atoms with van der Waals surface area (Å²) in [5.74, 6) is -1.20. The van der Waals surface area contributed by atoms with Crippen LogP contribution in [-0.4, -0.2) is 48.3 Å². The van der Waals surface area contributed by atoms with E-state index < -0.39 is 30.3 Å². The van der Waals surface area contributed by atoms with E-state index in [1.807, 2.05) is 31.2 Å². The van der Waals surface area contributed by atoms with Crippen molar-refractivity contribution in [2.24, 2.45) is 0 Å². The van der Waals surface area contributed by atoms with Crippen LogP contribution in [0.5, 0.6) is 5.75 Å². The molecule has 8 heteroatoms. The predicted octanol–water partition coefficient (Wildman–Crippen LogP) is 2.16. The van der Waals surface area contributed by atoms with Crippen molar-refractivity contribution in [3.8, 4) is 5.75 Å². The lowest BCUT2D eigenvalue weighted by Crippen LogP contribution is -2.36. The summed E-state index contributed by atoms with van der Waals surface area (Å²) < 4.78 is 10.6. The van der Waals surface area contributed by atoms with Gasteiger partial charge < -0.3 is 14.8 Å². The van der Waals surface area contributed by atoms with Crippen molar-refractivity contribution in [2.45, 2.75) is 25.8 Å². The van der Waals surface area contributed by atoms with E-state index in [2.05, 4.69) is 5.32 Å². The molecule has 0 aromatic heterocycles. The maximum absolute atomic E-state index is 12.4. The highest BCUT2D eigenvalue weighted by Gasteiger charge is 2.35. The minimum absolute atomic E-state index is 0.0980. The number of ether oxygens (including phenoxy) is 2. The topological polar surface area (TPSA) is 102 Å². The van der Waals surface area contributed by atoms with Crippen molar-refractivity contribution in [3.05, 3.63) is 64.7 Å². The molecule has 0 saturated heterocycles. The molecule has 0 aliphatic carbocycles. The molecule has 2 aromatic carbocycles. The molecule has 2 aliphatic heterocycles. The van der Waals surface area contributed by atoms with Gasteiger partial charge in [0.05, 0.1) is 30.2 Å². The molecule has 160 valence electrons. The summed E-state index contributed by atoms with van der Waals surface area (Å²) in [6.45, 7) is 1.79. The van der Waals surface area contributed by atoms with Crippen LogP contribution in [0.25, 0.3) is 0 Å². The van der Waals surface area contributed by atoms with Gasteiger partial charge in [0.15, 0.2) is 6.61 Å². The molecule has 2 aromatic rings. The lowest BCUT2D eigenvalue weighted by Gasteiger charge is -2.26. The number of carbonyl (C=O) groups excluding carboxylic acids is 4. The number of carbonyl (C=O) groups is 4. The third-order valence-electron chi connectivity index (χ3n) is 5.32. The lowest BCUT2D eigenvalue weighted by molar-refractivity contribution is -0.148. The van der Waals surface area contributed by atoms with Gasteiger partial charge in [-0.1, -0.05) is 29.8 Å². The van der Waals surface area contributed by atoms with Crippen LogP contribution in [-0.2, 0) is 14.3 Å². The van der Waals surface area contributed by atoms with E-state index >= 15 is 0 Å². The molecule has 0 saturated carbocycles. The minimum Gasteiger partial charge on any atom is -0.493 e. The normalized spacial score (nSPS) is 16.9. The molecule has 0 radical (unpaired) electrons. The van der Waals surface area contributed by atoms with E-state index in [4.69, 9.17) is 9.47 Å². The van der Waals surface area contributed by atoms with Crippen LogP contribution in [0, 0.1) is 6.92 Å². The zero-order valence-corrected chi connectivity index (χ0v) is 17.1. The highest BCUT2D eigenvalue weighted by atomic mass is 16.5. The summed E-state index contributed by atoms with van der Waals surface area (Å²) in [7, 11) is 0. The van der Waals surface area contributed by atoms with Gasteiger partial charge in [0.1, 0.15) is 5.75 Å². The number of fused-ring (bicyclic) bond motifs is 2. The highest BCUT2D eigenvalue weighted by molar-refractivity contribution is 6.21. The molecule has 4 rings (SSSR count). The van der Waals surface area contributed by atoms with Gasteiger partial charge in [-0.05, 0) is 25.1 Å². The van der Waals surface area contributed by atoms with Crippen LogP contribution < -0.4 is 10.1 Å². The maximum Gasteiger partial charge on any atom is 0.308 e. The molecule has 3 amide bonds. The van der Waals surface area contributed by atoms with Gasteiger partial charge >= 0.3 is 5.97 Å². The standard InChI is InChI=1S/C23H22N2O6/c1-14-6-7-15-17(12-14)23(29)25(22(15)28)10-8-21(27)31-13-20(26)24-18-9-11-30-19-5-3-2-4-16(18)19/h2-7,12,18H,8-11,13H2,1H3,(H,24,26). The van der Waals surface area contributed by atoms with Gasteiger partial charge in [-0.2, -0.15) is 0 Å². The van der Waals surface area contributed by atoms with Gasteiger partial charge in [0, 0.05) is 18.5 Å². The molecular weight excluding hydrogens is 400 g/mol. The first kappa shape index (κ1) is 20.6. The number of hydrogen-bond donors (Lipinski definition) is 1. The number of hydrogen-bond acceptors (Lipinski definition) is 6. The molecule has 1 N–H and O–H groups in total. The van der Waals surface area contributed by atoms with Crippen molar-refractivity contribution in [2.75, 3.05) is 19.8 Å². The Bertz CT molecular complexity index is 1060. The van der Waals surface area contributed by atoms with Gasteiger partial charge in [-0.25, -0.2) is 0 Å². The Morgan fingerprint density at radius 2 is 1.90 bits per heavy atom. The summed E-state index contributed by atoms with van der Waals surface area (Å²) in [6.07, 6.45) is 0.438. The zero-order valence-electron chi connectivity index (χ0n) is 17.1. The minimum atomic E-state index is -0.657. The van der Waals surface area contributed by atoms with E-state index in [0.717, 1.165) is 21.8 Å². The summed E-state index contributed by atoms with van der Waals surface area (Å²) in [4.78, 5) is 50.2.